The average molecular weight is 181 g/mol. The molecule has 13 heavy (non-hydrogen) atoms. The highest BCUT2D eigenvalue weighted by Gasteiger charge is 1.62. The summed E-state index contributed by atoms with van der Waals surface area (Å²) >= 11 is 0. The van der Waals surface area contributed by atoms with E-state index in [0.717, 1.165) is 13.1 Å². The second-order valence-corrected chi connectivity index (χ2v) is 2.11. The van der Waals surface area contributed by atoms with Crippen LogP contribution in [0.2, 0.25) is 0 Å². The molecule has 1 N–H and O–H groups in total. The minimum atomic E-state index is 1.09. The van der Waals surface area contributed by atoms with E-state index >= 15 is 0 Å². The highest BCUT2D eigenvalue weighted by Crippen LogP contribution is 1.79. The third-order valence-corrected chi connectivity index (χ3v) is 1.17. The van der Waals surface area contributed by atoms with Gasteiger partial charge in [-0.25, -0.2) is 0 Å². The molecule has 0 heterocycles. The Morgan fingerprint density at radius 2 is 0.923 bits per heavy atom. The van der Waals surface area contributed by atoms with Crippen molar-refractivity contribution in [3.8, 4) is 0 Å². The Kier molecular flexibility index (Phi) is 19.6. The molecule has 0 amide bonds. The summed E-state index contributed by atoms with van der Waals surface area (Å²) in [5.74, 6) is 0. The normalized spacial score (nSPS) is 7.38. The van der Waals surface area contributed by atoms with Gasteiger partial charge in [0.15, 0.2) is 0 Å². The Hall–Kier alpha value is -0.820. The van der Waals surface area contributed by atoms with Crippen LogP contribution in [-0.2, 0) is 0 Å². The molecule has 0 aliphatic rings. The number of hydrogen-bond donors (Lipinski definition) is 1. The van der Waals surface area contributed by atoms with Gasteiger partial charge in [0.25, 0.3) is 0 Å². The Labute approximate surface area is 83.2 Å². The van der Waals surface area contributed by atoms with Crippen molar-refractivity contribution in [1.29, 1.82) is 0 Å². The van der Waals surface area contributed by atoms with E-state index < -0.39 is 0 Å². The van der Waals surface area contributed by atoms with Gasteiger partial charge in [-0.2, -0.15) is 0 Å². The molecule has 1 heteroatoms. The van der Waals surface area contributed by atoms with Gasteiger partial charge in [0, 0.05) is 0 Å². The summed E-state index contributed by atoms with van der Waals surface area (Å²) in [5.41, 5.74) is 0. The first-order valence-electron chi connectivity index (χ1n) is 5.12. The van der Waals surface area contributed by atoms with Crippen LogP contribution in [0.3, 0.4) is 0 Å². The van der Waals surface area contributed by atoms with Gasteiger partial charge < -0.3 is 5.32 Å². The van der Waals surface area contributed by atoms with Gasteiger partial charge in [-0.05, 0) is 13.1 Å². The maximum atomic E-state index is 3.11. The first-order valence-corrected chi connectivity index (χ1v) is 5.12. The van der Waals surface area contributed by atoms with E-state index in [1.54, 1.807) is 0 Å². The van der Waals surface area contributed by atoms with Crippen LogP contribution in [0.4, 0.5) is 0 Å². The van der Waals surface area contributed by atoms with E-state index in [0.29, 0.717) is 0 Å². The Bertz CT molecular complexity index is 108. The highest BCUT2D eigenvalue weighted by molar-refractivity contribution is 4.99. The maximum Gasteiger partial charge on any atom is -0.00775 e. The second-order valence-electron chi connectivity index (χ2n) is 2.11. The van der Waals surface area contributed by atoms with E-state index in [1.807, 2.05) is 50.2 Å². The number of rotatable bonds is 2. The lowest BCUT2D eigenvalue weighted by Crippen LogP contribution is -2.09. The molecule has 1 nitrogen and oxygen atoms in total. The van der Waals surface area contributed by atoms with Crippen LogP contribution in [-0.4, -0.2) is 13.1 Å². The predicted octanol–water partition coefficient (Wildman–Crippen LogP) is 3.33. The SMILES string of the molecule is CC.CCNCC.c1ccccc1. The molecular formula is C12H23N. The molecule has 0 atom stereocenters. The molecule has 0 unspecified atom stereocenters. The summed E-state index contributed by atoms with van der Waals surface area (Å²) in [6.07, 6.45) is 0. The molecule has 0 radical (unpaired) electrons. The van der Waals surface area contributed by atoms with Crippen molar-refractivity contribution < 1.29 is 0 Å². The van der Waals surface area contributed by atoms with Crippen molar-refractivity contribution in [2.75, 3.05) is 13.1 Å². The molecule has 1 rings (SSSR count). The highest BCUT2D eigenvalue weighted by atomic mass is 14.8. The third kappa shape index (κ3) is 18.3. The van der Waals surface area contributed by atoms with Gasteiger partial charge in [-0.15, -0.1) is 0 Å². The van der Waals surface area contributed by atoms with Gasteiger partial charge in [0.1, 0.15) is 0 Å². The van der Waals surface area contributed by atoms with Crippen molar-refractivity contribution >= 4 is 0 Å². The molecular weight excluding hydrogens is 158 g/mol. The fourth-order valence-corrected chi connectivity index (χ4v) is 0.635. The summed E-state index contributed by atoms with van der Waals surface area (Å²) in [6, 6.07) is 12.0. The van der Waals surface area contributed by atoms with Gasteiger partial charge in [-0.3, -0.25) is 0 Å². The van der Waals surface area contributed by atoms with Gasteiger partial charge in [0.2, 0.25) is 0 Å². The molecule has 0 spiro atoms. The van der Waals surface area contributed by atoms with Crippen LogP contribution in [0.25, 0.3) is 0 Å². The van der Waals surface area contributed by atoms with Crippen LogP contribution >= 0.6 is 0 Å². The molecule has 0 saturated carbocycles. The molecule has 0 saturated heterocycles. The molecule has 0 aliphatic carbocycles. The summed E-state index contributed by atoms with van der Waals surface area (Å²) in [4.78, 5) is 0. The summed E-state index contributed by atoms with van der Waals surface area (Å²) < 4.78 is 0. The average Bonchev–Trinajstić information content (AvgIpc) is 2.25. The van der Waals surface area contributed by atoms with Crippen molar-refractivity contribution in [3.05, 3.63) is 36.4 Å². The summed E-state index contributed by atoms with van der Waals surface area (Å²) in [6.45, 7) is 10.4. The zero-order valence-corrected chi connectivity index (χ0v) is 9.38. The van der Waals surface area contributed by atoms with Crippen LogP contribution in [0.15, 0.2) is 36.4 Å². The minimum Gasteiger partial charge on any atom is -0.317 e. The molecule has 1 aromatic carbocycles. The lowest BCUT2D eigenvalue weighted by atomic mass is 10.4. The molecule has 0 fully saturated rings. The first-order chi connectivity index (χ1) is 6.41. The number of benzene rings is 1. The molecule has 1 aromatic rings. The minimum absolute atomic E-state index is 1.09. The fraction of sp³-hybridized carbons (Fsp3) is 0.500. The predicted molar refractivity (Wildman–Crippen MR) is 62.0 cm³/mol. The zero-order chi connectivity index (χ0) is 10.4. The van der Waals surface area contributed by atoms with Crippen molar-refractivity contribution in [1.82, 2.24) is 5.32 Å². The van der Waals surface area contributed by atoms with Crippen LogP contribution in [0.5, 0.6) is 0 Å². The Balaban J connectivity index is 0. The van der Waals surface area contributed by atoms with Gasteiger partial charge >= 0.3 is 0 Å². The lowest BCUT2D eigenvalue weighted by Gasteiger charge is -1.86. The zero-order valence-electron chi connectivity index (χ0n) is 9.38. The van der Waals surface area contributed by atoms with E-state index in [2.05, 4.69) is 19.2 Å². The van der Waals surface area contributed by atoms with E-state index in [4.69, 9.17) is 0 Å². The van der Waals surface area contributed by atoms with E-state index in [1.165, 1.54) is 0 Å². The molecule has 0 aliphatic heterocycles. The van der Waals surface area contributed by atoms with Crippen LogP contribution in [0.1, 0.15) is 27.7 Å². The van der Waals surface area contributed by atoms with Crippen molar-refractivity contribution in [2.24, 2.45) is 0 Å². The standard InChI is InChI=1S/C6H6.C4H11N.C2H6/c1-2-4-6-5-3-1;1-3-5-4-2;1-2/h1-6H;5H,3-4H2,1-2H3;1-2H3. The quantitative estimate of drug-likeness (QED) is 0.738. The largest absolute Gasteiger partial charge is 0.317 e. The van der Waals surface area contributed by atoms with Gasteiger partial charge in [-0.1, -0.05) is 64.1 Å². The Morgan fingerprint density at radius 3 is 1.00 bits per heavy atom. The lowest BCUT2D eigenvalue weighted by molar-refractivity contribution is 0.762. The van der Waals surface area contributed by atoms with Crippen molar-refractivity contribution in [2.45, 2.75) is 27.7 Å². The topological polar surface area (TPSA) is 12.0 Å². The Morgan fingerprint density at radius 1 is 0.692 bits per heavy atom. The number of nitrogens with one attached hydrogen (secondary N) is 1. The molecule has 0 bridgehead atoms. The van der Waals surface area contributed by atoms with Crippen LogP contribution in [0, 0.1) is 0 Å². The fourth-order valence-electron chi connectivity index (χ4n) is 0.635. The third-order valence-electron chi connectivity index (χ3n) is 1.17. The van der Waals surface area contributed by atoms with E-state index in [-0.39, 0.29) is 0 Å². The molecule has 76 valence electrons. The summed E-state index contributed by atoms with van der Waals surface area (Å²) in [5, 5.41) is 3.11. The smallest absolute Gasteiger partial charge is 0.00775 e. The first kappa shape index (κ1) is 14.7. The number of hydrogen-bond acceptors (Lipinski definition) is 1. The summed E-state index contributed by atoms with van der Waals surface area (Å²) in [7, 11) is 0. The van der Waals surface area contributed by atoms with Crippen molar-refractivity contribution in [3.63, 3.8) is 0 Å². The van der Waals surface area contributed by atoms with Gasteiger partial charge in [0.05, 0.1) is 0 Å². The molecule has 0 aromatic heterocycles. The second kappa shape index (κ2) is 17.3. The van der Waals surface area contributed by atoms with Crippen LogP contribution < -0.4 is 5.32 Å². The monoisotopic (exact) mass is 181 g/mol. The maximum absolute atomic E-state index is 3.11. The van der Waals surface area contributed by atoms with E-state index in [9.17, 15) is 0 Å².